The first-order valence-corrected chi connectivity index (χ1v) is 9.74. The highest BCUT2D eigenvalue weighted by atomic mass is 19.1. The molecule has 2 aromatic carbocycles. The first kappa shape index (κ1) is 20.3. The first-order valence-electron chi connectivity index (χ1n) is 9.74. The van der Waals surface area contributed by atoms with Gasteiger partial charge in [-0.15, -0.1) is 0 Å². The number of carboxylic acid groups (broad SMARTS) is 1. The molecule has 0 aliphatic heterocycles. The summed E-state index contributed by atoms with van der Waals surface area (Å²) in [4.78, 5) is 39.4. The third kappa shape index (κ3) is 4.16. The van der Waals surface area contributed by atoms with Gasteiger partial charge in [-0.2, -0.15) is 0 Å². The monoisotopic (exact) mass is 422 g/mol. The molecule has 3 N–H and O–H groups in total. The van der Waals surface area contributed by atoms with E-state index in [4.69, 9.17) is 5.11 Å². The molecule has 9 heteroatoms. The Labute approximate surface area is 175 Å². The maximum Gasteiger partial charge on any atom is 0.303 e. The summed E-state index contributed by atoms with van der Waals surface area (Å²) >= 11 is 0. The number of carbonyl (C=O) groups excluding carboxylic acids is 1. The van der Waals surface area contributed by atoms with E-state index < -0.39 is 11.8 Å². The number of hydrogen-bond donors (Lipinski definition) is 3. The Morgan fingerprint density at radius 3 is 2.55 bits per heavy atom. The van der Waals surface area contributed by atoms with Crippen LogP contribution < -0.4 is 10.9 Å². The van der Waals surface area contributed by atoms with Crippen molar-refractivity contribution >= 4 is 39.4 Å². The van der Waals surface area contributed by atoms with Crippen molar-refractivity contribution in [3.8, 4) is 5.69 Å². The van der Waals surface area contributed by atoms with Gasteiger partial charge in [-0.05, 0) is 43.2 Å². The molecule has 0 radical (unpaired) electrons. The van der Waals surface area contributed by atoms with E-state index in [9.17, 15) is 18.8 Å². The highest BCUT2D eigenvalue weighted by Crippen LogP contribution is 2.23. The summed E-state index contributed by atoms with van der Waals surface area (Å²) in [5.74, 6) is -1.55. The fourth-order valence-electron chi connectivity index (χ4n) is 3.41. The Morgan fingerprint density at radius 1 is 1.06 bits per heavy atom. The van der Waals surface area contributed by atoms with Gasteiger partial charge in [0.2, 0.25) is 5.91 Å². The van der Waals surface area contributed by atoms with Gasteiger partial charge in [-0.1, -0.05) is 12.1 Å². The third-order valence-corrected chi connectivity index (χ3v) is 4.96. The number of carboxylic acids is 1. The minimum absolute atomic E-state index is 0.0404. The quantitative estimate of drug-likeness (QED) is 0.394. The van der Waals surface area contributed by atoms with Crippen molar-refractivity contribution in [1.29, 1.82) is 0 Å². The van der Waals surface area contributed by atoms with Gasteiger partial charge in [0.05, 0.1) is 16.6 Å². The summed E-state index contributed by atoms with van der Waals surface area (Å²) in [7, 11) is 0. The Hall–Kier alpha value is -4.01. The van der Waals surface area contributed by atoms with E-state index in [1.165, 1.54) is 16.9 Å². The number of carbonyl (C=O) groups is 2. The van der Waals surface area contributed by atoms with Crippen molar-refractivity contribution in [2.45, 2.75) is 25.7 Å². The van der Waals surface area contributed by atoms with Crippen LogP contribution >= 0.6 is 0 Å². The van der Waals surface area contributed by atoms with Crippen LogP contribution in [0.2, 0.25) is 0 Å². The van der Waals surface area contributed by atoms with Crippen molar-refractivity contribution in [2.24, 2.45) is 0 Å². The number of aromatic nitrogens is 3. The second-order valence-corrected chi connectivity index (χ2v) is 7.13. The molecule has 0 spiro atoms. The molecule has 0 bridgehead atoms. The summed E-state index contributed by atoms with van der Waals surface area (Å²) < 4.78 is 15.3. The molecular formula is C22H19FN4O4. The topological polar surface area (TPSA) is 117 Å². The molecule has 2 heterocycles. The zero-order valence-corrected chi connectivity index (χ0v) is 16.4. The second kappa shape index (κ2) is 8.39. The van der Waals surface area contributed by atoms with E-state index in [2.05, 4.69) is 15.4 Å². The highest BCUT2D eigenvalue weighted by molar-refractivity contribution is 6.02. The molecule has 158 valence electrons. The summed E-state index contributed by atoms with van der Waals surface area (Å²) in [6, 6.07) is 11.3. The number of benzene rings is 2. The average molecular weight is 422 g/mol. The molecule has 4 aromatic rings. The number of nitrogens with one attached hydrogen (secondary N) is 2. The summed E-state index contributed by atoms with van der Waals surface area (Å²) in [6.45, 7) is 0. The van der Waals surface area contributed by atoms with Crippen molar-refractivity contribution in [2.75, 3.05) is 5.32 Å². The number of pyridine rings is 1. The highest BCUT2D eigenvalue weighted by Gasteiger charge is 2.14. The van der Waals surface area contributed by atoms with Crippen LogP contribution in [-0.2, 0) is 9.59 Å². The van der Waals surface area contributed by atoms with Gasteiger partial charge in [0.15, 0.2) is 0 Å². The fraction of sp³-hybridized carbons (Fsp3) is 0.182. The molecule has 2 aromatic heterocycles. The predicted molar refractivity (Wildman–Crippen MR) is 114 cm³/mol. The van der Waals surface area contributed by atoms with Crippen molar-refractivity contribution < 1.29 is 19.1 Å². The lowest BCUT2D eigenvalue weighted by Gasteiger charge is -2.07. The summed E-state index contributed by atoms with van der Waals surface area (Å²) in [6.07, 6.45) is 2.56. The largest absolute Gasteiger partial charge is 0.481 e. The van der Waals surface area contributed by atoms with E-state index in [0.29, 0.717) is 40.5 Å². The maximum absolute atomic E-state index is 14.0. The number of fused-ring (bicyclic) bond motifs is 3. The van der Waals surface area contributed by atoms with E-state index >= 15 is 0 Å². The lowest BCUT2D eigenvalue weighted by Crippen LogP contribution is -2.15. The van der Waals surface area contributed by atoms with Crippen LogP contribution in [0.3, 0.4) is 0 Å². The molecule has 0 aliphatic rings. The van der Waals surface area contributed by atoms with Gasteiger partial charge < -0.3 is 10.4 Å². The standard InChI is InChI=1S/C22H19FN4O4/c23-17-5-3-4-15-20-16(12-24-21(15)17)22(31)27(26-20)14-10-8-13(9-11-14)25-18(28)6-1-2-7-19(29)30/h3-5,8-12,26H,1-2,6-7H2,(H,25,28)(H,29,30). The number of aromatic amines is 1. The average Bonchev–Trinajstić information content (AvgIpc) is 3.09. The van der Waals surface area contributed by atoms with Crippen molar-refractivity contribution in [1.82, 2.24) is 14.8 Å². The van der Waals surface area contributed by atoms with Crippen LogP contribution in [0.5, 0.6) is 0 Å². The Kier molecular flexibility index (Phi) is 5.48. The van der Waals surface area contributed by atoms with E-state index in [0.717, 1.165) is 0 Å². The molecule has 0 aliphatic carbocycles. The van der Waals surface area contributed by atoms with Crippen LogP contribution in [0, 0.1) is 5.82 Å². The van der Waals surface area contributed by atoms with E-state index in [1.807, 2.05) is 0 Å². The van der Waals surface area contributed by atoms with Gasteiger partial charge in [-0.3, -0.25) is 24.5 Å². The SMILES string of the molecule is O=C(O)CCCCC(=O)Nc1ccc(-n2[nH]c3c(cnc4c(F)cccc43)c2=O)cc1. The molecule has 0 saturated heterocycles. The molecule has 0 atom stereocenters. The predicted octanol–water partition coefficient (Wildman–Crippen LogP) is 3.59. The van der Waals surface area contributed by atoms with Gasteiger partial charge in [0.25, 0.3) is 5.56 Å². The van der Waals surface area contributed by atoms with Gasteiger partial charge in [-0.25, -0.2) is 9.07 Å². The lowest BCUT2D eigenvalue weighted by molar-refractivity contribution is -0.137. The molecule has 0 fully saturated rings. The minimum Gasteiger partial charge on any atom is -0.481 e. The molecular weight excluding hydrogens is 403 g/mol. The minimum atomic E-state index is -0.878. The number of halogens is 1. The maximum atomic E-state index is 14.0. The van der Waals surface area contributed by atoms with Crippen LogP contribution in [0.4, 0.5) is 10.1 Å². The summed E-state index contributed by atoms with van der Waals surface area (Å²) in [5.41, 5.74) is 1.47. The second-order valence-electron chi connectivity index (χ2n) is 7.13. The third-order valence-electron chi connectivity index (χ3n) is 4.96. The molecule has 8 nitrogen and oxygen atoms in total. The van der Waals surface area contributed by atoms with Gasteiger partial charge in [0, 0.05) is 30.1 Å². The number of rotatable bonds is 7. The number of hydrogen-bond acceptors (Lipinski definition) is 4. The number of aliphatic carboxylic acids is 1. The molecule has 0 unspecified atom stereocenters. The number of nitrogens with zero attached hydrogens (tertiary/aromatic N) is 2. The van der Waals surface area contributed by atoms with Crippen LogP contribution in [-0.4, -0.2) is 31.7 Å². The number of unbranched alkanes of at least 4 members (excludes halogenated alkanes) is 1. The molecule has 4 rings (SSSR count). The van der Waals surface area contributed by atoms with Gasteiger partial charge in [0.1, 0.15) is 11.3 Å². The first-order chi connectivity index (χ1) is 14.9. The van der Waals surface area contributed by atoms with Crippen LogP contribution in [0.25, 0.3) is 27.5 Å². The number of para-hydroxylation sites is 1. The lowest BCUT2D eigenvalue weighted by atomic mass is 10.1. The number of amides is 1. The number of anilines is 1. The normalized spacial score (nSPS) is 11.1. The Morgan fingerprint density at radius 2 is 1.81 bits per heavy atom. The number of H-pyrrole nitrogens is 1. The smallest absolute Gasteiger partial charge is 0.303 e. The van der Waals surface area contributed by atoms with Gasteiger partial charge >= 0.3 is 5.97 Å². The Balaban J connectivity index is 1.54. The Bertz CT molecular complexity index is 1340. The molecule has 0 saturated carbocycles. The summed E-state index contributed by atoms with van der Waals surface area (Å²) in [5, 5.41) is 15.2. The zero-order valence-electron chi connectivity index (χ0n) is 16.4. The van der Waals surface area contributed by atoms with Crippen molar-refractivity contribution in [3.05, 3.63) is 64.8 Å². The fourth-order valence-corrected chi connectivity index (χ4v) is 3.41. The van der Waals surface area contributed by atoms with Crippen LogP contribution in [0.1, 0.15) is 25.7 Å². The molecule has 31 heavy (non-hydrogen) atoms. The van der Waals surface area contributed by atoms with Crippen LogP contribution in [0.15, 0.2) is 53.5 Å². The van der Waals surface area contributed by atoms with E-state index in [-0.39, 0.29) is 29.8 Å². The van der Waals surface area contributed by atoms with E-state index in [1.54, 1.807) is 36.4 Å². The molecule has 1 amide bonds. The van der Waals surface area contributed by atoms with Crippen molar-refractivity contribution in [3.63, 3.8) is 0 Å². The zero-order chi connectivity index (χ0) is 22.0.